The third kappa shape index (κ3) is 3.92. The van der Waals surface area contributed by atoms with Crippen molar-refractivity contribution in [1.82, 2.24) is 4.98 Å². The van der Waals surface area contributed by atoms with Gasteiger partial charge in [0.2, 0.25) is 0 Å². The Morgan fingerprint density at radius 3 is 2.92 bits per heavy atom. The van der Waals surface area contributed by atoms with Crippen LogP contribution in [0.5, 0.6) is 0 Å². The summed E-state index contributed by atoms with van der Waals surface area (Å²) in [4.78, 5) is 14.3. The van der Waals surface area contributed by atoms with Crippen molar-refractivity contribution in [1.29, 1.82) is 5.26 Å². The maximum atomic E-state index is 10.8. The number of ether oxygens (including phenoxy) is 1. The minimum atomic E-state index is -0.558. The molecular weight excluding hydrogens is 320 g/mol. The highest BCUT2D eigenvalue weighted by Gasteiger charge is 2.27. The Kier molecular flexibility index (Phi) is 5.21. The smallest absolute Gasteiger partial charge is 0.289 e. The second-order valence-electron chi connectivity index (χ2n) is 5.94. The molecule has 2 unspecified atom stereocenters. The fourth-order valence-electron chi connectivity index (χ4n) is 3.07. The van der Waals surface area contributed by atoms with Crippen molar-refractivity contribution >= 4 is 11.5 Å². The number of nitrogens with zero attached hydrogens (tertiary/aromatic N) is 3. The first-order valence-electron chi connectivity index (χ1n) is 8.14. The molecule has 0 spiro atoms. The van der Waals surface area contributed by atoms with E-state index in [1.165, 1.54) is 6.07 Å². The van der Waals surface area contributed by atoms with Crippen LogP contribution in [0.1, 0.15) is 30.1 Å². The SMILES string of the molecule is N#Cc1cc([N+](=O)[O-])cnc1NCC1CCCOC1c1ccccc1. The molecule has 2 heterocycles. The zero-order chi connectivity index (χ0) is 17.6. The summed E-state index contributed by atoms with van der Waals surface area (Å²) in [6, 6.07) is 13.2. The lowest BCUT2D eigenvalue weighted by Gasteiger charge is -2.32. The molecule has 25 heavy (non-hydrogen) atoms. The molecule has 7 heteroatoms. The molecule has 2 atom stereocenters. The molecule has 0 amide bonds. The predicted octanol–water partition coefficient (Wildman–Crippen LogP) is 3.44. The van der Waals surface area contributed by atoms with Crippen LogP contribution in [-0.2, 0) is 4.74 Å². The minimum absolute atomic E-state index is 0.00830. The molecule has 0 aliphatic carbocycles. The first kappa shape index (κ1) is 16.9. The number of benzene rings is 1. The Morgan fingerprint density at radius 1 is 1.40 bits per heavy atom. The summed E-state index contributed by atoms with van der Waals surface area (Å²) in [6.45, 7) is 1.31. The summed E-state index contributed by atoms with van der Waals surface area (Å²) in [5, 5.41) is 23.2. The number of nitro groups is 1. The third-order valence-corrected chi connectivity index (χ3v) is 4.31. The maximum absolute atomic E-state index is 10.8. The Bertz CT molecular complexity index is 789. The molecule has 128 valence electrons. The molecule has 1 aliphatic heterocycles. The number of anilines is 1. The van der Waals surface area contributed by atoms with Crippen molar-refractivity contribution in [2.24, 2.45) is 5.92 Å². The van der Waals surface area contributed by atoms with Crippen molar-refractivity contribution in [3.8, 4) is 6.07 Å². The summed E-state index contributed by atoms with van der Waals surface area (Å²) in [5.74, 6) is 0.602. The van der Waals surface area contributed by atoms with Crippen LogP contribution < -0.4 is 5.32 Å². The number of nitrogens with one attached hydrogen (secondary N) is 1. The van der Waals surface area contributed by atoms with Crippen LogP contribution in [0.3, 0.4) is 0 Å². The average Bonchev–Trinajstić information content (AvgIpc) is 2.67. The van der Waals surface area contributed by atoms with Gasteiger partial charge in [0.05, 0.1) is 11.0 Å². The minimum Gasteiger partial charge on any atom is -0.373 e. The summed E-state index contributed by atoms with van der Waals surface area (Å²) >= 11 is 0. The third-order valence-electron chi connectivity index (χ3n) is 4.31. The van der Waals surface area contributed by atoms with E-state index in [9.17, 15) is 15.4 Å². The number of aromatic nitrogens is 1. The van der Waals surface area contributed by atoms with Crippen molar-refractivity contribution in [2.75, 3.05) is 18.5 Å². The summed E-state index contributed by atoms with van der Waals surface area (Å²) in [5.41, 5.74) is 1.11. The molecule has 0 radical (unpaired) electrons. The van der Waals surface area contributed by atoms with E-state index in [1.807, 2.05) is 36.4 Å². The van der Waals surface area contributed by atoms with Gasteiger partial charge in [-0.05, 0) is 18.4 Å². The molecule has 3 rings (SSSR count). The van der Waals surface area contributed by atoms with Crippen LogP contribution in [0, 0.1) is 27.4 Å². The molecule has 0 bridgehead atoms. The molecule has 1 aromatic heterocycles. The number of nitriles is 1. The van der Waals surface area contributed by atoms with Gasteiger partial charge in [-0.2, -0.15) is 5.26 Å². The number of hydrogen-bond acceptors (Lipinski definition) is 6. The second kappa shape index (κ2) is 7.73. The van der Waals surface area contributed by atoms with E-state index >= 15 is 0 Å². The highest BCUT2D eigenvalue weighted by Crippen LogP contribution is 2.33. The van der Waals surface area contributed by atoms with E-state index in [0.29, 0.717) is 12.4 Å². The van der Waals surface area contributed by atoms with E-state index < -0.39 is 4.92 Å². The lowest BCUT2D eigenvalue weighted by atomic mass is 9.89. The predicted molar refractivity (Wildman–Crippen MR) is 92.0 cm³/mol. The highest BCUT2D eigenvalue weighted by atomic mass is 16.6. The Morgan fingerprint density at radius 2 is 2.20 bits per heavy atom. The van der Waals surface area contributed by atoms with Crippen molar-refractivity contribution < 1.29 is 9.66 Å². The van der Waals surface area contributed by atoms with Gasteiger partial charge in [0.25, 0.3) is 5.69 Å². The lowest BCUT2D eigenvalue weighted by Crippen LogP contribution is -2.28. The summed E-state index contributed by atoms with van der Waals surface area (Å²) < 4.78 is 5.96. The van der Waals surface area contributed by atoms with Crippen molar-refractivity contribution in [2.45, 2.75) is 18.9 Å². The van der Waals surface area contributed by atoms with Gasteiger partial charge in [0, 0.05) is 25.1 Å². The van der Waals surface area contributed by atoms with Crippen LogP contribution in [0.2, 0.25) is 0 Å². The fraction of sp³-hybridized carbons (Fsp3) is 0.333. The topological polar surface area (TPSA) is 101 Å². The van der Waals surface area contributed by atoms with Gasteiger partial charge >= 0.3 is 0 Å². The van der Waals surface area contributed by atoms with Crippen molar-refractivity contribution in [3.05, 3.63) is 63.8 Å². The zero-order valence-electron chi connectivity index (χ0n) is 13.6. The van der Waals surface area contributed by atoms with Gasteiger partial charge in [-0.15, -0.1) is 0 Å². The highest BCUT2D eigenvalue weighted by molar-refractivity contribution is 5.55. The molecule has 1 aromatic carbocycles. The summed E-state index contributed by atoms with van der Waals surface area (Å²) in [7, 11) is 0. The largest absolute Gasteiger partial charge is 0.373 e. The zero-order valence-corrected chi connectivity index (χ0v) is 13.6. The normalized spacial score (nSPS) is 19.8. The summed E-state index contributed by atoms with van der Waals surface area (Å²) in [6.07, 6.45) is 3.14. The molecule has 1 N–H and O–H groups in total. The van der Waals surface area contributed by atoms with Gasteiger partial charge in [0.1, 0.15) is 23.6 Å². The Hall–Kier alpha value is -2.98. The Labute approximate surface area is 145 Å². The molecular formula is C18H18N4O3. The molecule has 1 aliphatic rings. The van der Waals surface area contributed by atoms with E-state index in [-0.39, 0.29) is 23.3 Å². The first-order chi connectivity index (χ1) is 12.2. The Balaban J connectivity index is 1.73. The maximum Gasteiger partial charge on any atom is 0.289 e. The number of rotatable bonds is 5. The van der Waals surface area contributed by atoms with E-state index in [4.69, 9.17) is 4.74 Å². The monoisotopic (exact) mass is 338 g/mol. The number of pyridine rings is 1. The van der Waals surface area contributed by atoms with Gasteiger partial charge in [-0.1, -0.05) is 30.3 Å². The van der Waals surface area contributed by atoms with Crippen LogP contribution in [0.25, 0.3) is 0 Å². The molecule has 1 fully saturated rings. The van der Waals surface area contributed by atoms with Crippen LogP contribution in [0.4, 0.5) is 11.5 Å². The lowest BCUT2D eigenvalue weighted by molar-refractivity contribution is -0.385. The number of hydrogen-bond donors (Lipinski definition) is 1. The molecule has 7 nitrogen and oxygen atoms in total. The quantitative estimate of drug-likeness (QED) is 0.662. The fourth-order valence-corrected chi connectivity index (χ4v) is 3.07. The van der Waals surface area contributed by atoms with Gasteiger partial charge < -0.3 is 10.1 Å². The molecule has 1 saturated heterocycles. The van der Waals surface area contributed by atoms with E-state index in [1.54, 1.807) is 0 Å². The van der Waals surface area contributed by atoms with E-state index in [2.05, 4.69) is 10.3 Å². The van der Waals surface area contributed by atoms with Crippen molar-refractivity contribution in [3.63, 3.8) is 0 Å². The van der Waals surface area contributed by atoms with Crippen LogP contribution in [0.15, 0.2) is 42.6 Å². The van der Waals surface area contributed by atoms with E-state index in [0.717, 1.165) is 31.2 Å². The average molecular weight is 338 g/mol. The van der Waals surface area contributed by atoms with Gasteiger partial charge in [0.15, 0.2) is 0 Å². The van der Waals surface area contributed by atoms with Gasteiger partial charge in [-0.3, -0.25) is 10.1 Å². The second-order valence-corrected chi connectivity index (χ2v) is 5.94. The van der Waals surface area contributed by atoms with Gasteiger partial charge in [-0.25, -0.2) is 4.98 Å². The molecule has 0 saturated carbocycles. The molecule has 2 aromatic rings. The standard InChI is InChI=1S/C18H18N4O3/c19-10-15-9-16(22(23)24)12-21-18(15)20-11-14-7-4-8-25-17(14)13-5-2-1-3-6-13/h1-3,5-6,9,12,14,17H,4,7-8,11H2,(H,20,21). The first-order valence-corrected chi connectivity index (χ1v) is 8.14. The van der Waals surface area contributed by atoms with Crippen LogP contribution in [-0.4, -0.2) is 23.1 Å². The van der Waals surface area contributed by atoms with Crippen LogP contribution >= 0.6 is 0 Å².